The normalized spacial score (nSPS) is 10.0. The summed E-state index contributed by atoms with van der Waals surface area (Å²) in [5, 5.41) is 3.21. The van der Waals surface area contributed by atoms with E-state index >= 15 is 0 Å². The Labute approximate surface area is 111 Å². The van der Waals surface area contributed by atoms with Crippen molar-refractivity contribution in [1.82, 2.24) is 9.97 Å². The molecule has 1 amide bonds. The lowest BCUT2D eigenvalue weighted by molar-refractivity contribution is 0.102. The van der Waals surface area contributed by atoms with E-state index in [9.17, 15) is 4.79 Å². The minimum absolute atomic E-state index is 0.256. The predicted molar refractivity (Wildman–Crippen MR) is 69.1 cm³/mol. The number of hydrogen-bond donors (Lipinski definition) is 1. The highest BCUT2D eigenvalue weighted by Gasteiger charge is 2.08. The molecule has 0 aliphatic carbocycles. The van der Waals surface area contributed by atoms with Crippen LogP contribution in [0.3, 0.4) is 0 Å². The summed E-state index contributed by atoms with van der Waals surface area (Å²) >= 11 is 9.19. The number of nitrogens with one attached hydrogen (secondary N) is 1. The van der Waals surface area contributed by atoms with Crippen LogP contribution in [0.4, 0.5) is 5.69 Å². The predicted octanol–water partition coefficient (Wildman–Crippen LogP) is 3.14. The minimum atomic E-state index is -0.323. The number of aromatic nitrogens is 2. The van der Waals surface area contributed by atoms with Crippen molar-refractivity contribution in [2.75, 3.05) is 5.32 Å². The van der Waals surface area contributed by atoms with Crippen molar-refractivity contribution in [2.24, 2.45) is 0 Å². The van der Waals surface area contributed by atoms with E-state index in [1.54, 1.807) is 18.2 Å². The molecule has 0 saturated heterocycles. The second-order valence-electron chi connectivity index (χ2n) is 3.17. The molecule has 1 aromatic heterocycles. The van der Waals surface area contributed by atoms with Crippen LogP contribution in [-0.4, -0.2) is 15.9 Å². The van der Waals surface area contributed by atoms with E-state index < -0.39 is 0 Å². The van der Waals surface area contributed by atoms with Gasteiger partial charge in [0.1, 0.15) is 5.69 Å². The van der Waals surface area contributed by atoms with Crippen LogP contribution >= 0.6 is 27.5 Å². The molecule has 6 heteroatoms. The SMILES string of the molecule is O=C(Nc1ccc(Br)c(Cl)c1)c1cnccn1. The highest BCUT2D eigenvalue weighted by Crippen LogP contribution is 2.25. The van der Waals surface area contributed by atoms with E-state index in [2.05, 4.69) is 31.2 Å². The molecule has 1 N–H and O–H groups in total. The largest absolute Gasteiger partial charge is 0.321 e. The monoisotopic (exact) mass is 311 g/mol. The van der Waals surface area contributed by atoms with Crippen LogP contribution in [-0.2, 0) is 0 Å². The van der Waals surface area contributed by atoms with Crippen molar-refractivity contribution in [3.8, 4) is 0 Å². The summed E-state index contributed by atoms with van der Waals surface area (Å²) < 4.78 is 0.775. The lowest BCUT2D eigenvalue weighted by atomic mass is 10.3. The maximum absolute atomic E-state index is 11.7. The summed E-state index contributed by atoms with van der Waals surface area (Å²) in [6.45, 7) is 0. The van der Waals surface area contributed by atoms with Crippen molar-refractivity contribution in [1.29, 1.82) is 0 Å². The van der Waals surface area contributed by atoms with Gasteiger partial charge in [0.2, 0.25) is 0 Å². The molecule has 0 aliphatic heterocycles. The smallest absolute Gasteiger partial charge is 0.275 e. The molecule has 86 valence electrons. The molecule has 0 fully saturated rings. The Kier molecular flexibility index (Phi) is 3.71. The Morgan fingerprint density at radius 3 is 2.82 bits per heavy atom. The van der Waals surface area contributed by atoms with Gasteiger partial charge in [-0.05, 0) is 34.1 Å². The summed E-state index contributed by atoms with van der Waals surface area (Å²) in [7, 11) is 0. The fourth-order valence-corrected chi connectivity index (χ4v) is 1.61. The van der Waals surface area contributed by atoms with Crippen LogP contribution in [0.25, 0.3) is 0 Å². The molecule has 1 aromatic carbocycles. The van der Waals surface area contributed by atoms with E-state index in [-0.39, 0.29) is 11.6 Å². The number of amides is 1. The second-order valence-corrected chi connectivity index (χ2v) is 4.44. The Morgan fingerprint density at radius 2 is 2.18 bits per heavy atom. The second kappa shape index (κ2) is 5.25. The number of anilines is 1. The van der Waals surface area contributed by atoms with Gasteiger partial charge in [0.15, 0.2) is 0 Å². The van der Waals surface area contributed by atoms with Gasteiger partial charge in [0.25, 0.3) is 5.91 Å². The number of benzene rings is 1. The summed E-state index contributed by atoms with van der Waals surface area (Å²) in [5.74, 6) is -0.323. The van der Waals surface area contributed by atoms with Crippen molar-refractivity contribution in [2.45, 2.75) is 0 Å². The Balaban J connectivity index is 2.16. The third-order valence-electron chi connectivity index (χ3n) is 1.97. The zero-order chi connectivity index (χ0) is 12.3. The maximum Gasteiger partial charge on any atom is 0.275 e. The average molecular weight is 313 g/mol. The number of halogens is 2. The summed E-state index contributed by atoms with van der Waals surface area (Å²) in [5.41, 5.74) is 0.861. The molecule has 1 heterocycles. The van der Waals surface area contributed by atoms with Crippen molar-refractivity contribution in [3.63, 3.8) is 0 Å². The van der Waals surface area contributed by atoms with Gasteiger partial charge in [-0.25, -0.2) is 4.98 Å². The van der Waals surface area contributed by atoms with Gasteiger partial charge in [0, 0.05) is 22.6 Å². The lowest BCUT2D eigenvalue weighted by Crippen LogP contribution is -2.13. The first-order valence-corrected chi connectivity index (χ1v) is 5.86. The third kappa shape index (κ3) is 3.01. The first-order chi connectivity index (χ1) is 8.16. The van der Waals surface area contributed by atoms with Crippen molar-refractivity contribution >= 4 is 39.1 Å². The molecule has 0 aliphatic rings. The first kappa shape index (κ1) is 12.0. The van der Waals surface area contributed by atoms with E-state index in [1.807, 2.05) is 0 Å². The van der Waals surface area contributed by atoms with Gasteiger partial charge in [0.05, 0.1) is 11.2 Å². The highest BCUT2D eigenvalue weighted by atomic mass is 79.9. The molecule has 0 spiro atoms. The fraction of sp³-hybridized carbons (Fsp3) is 0. The van der Waals surface area contributed by atoms with E-state index in [1.165, 1.54) is 18.6 Å². The van der Waals surface area contributed by atoms with Gasteiger partial charge in [-0.2, -0.15) is 0 Å². The summed E-state index contributed by atoms with van der Waals surface area (Å²) in [6.07, 6.45) is 4.37. The maximum atomic E-state index is 11.7. The molecule has 0 radical (unpaired) electrons. The molecule has 2 rings (SSSR count). The molecule has 0 atom stereocenters. The number of rotatable bonds is 2. The molecule has 4 nitrogen and oxygen atoms in total. The van der Waals surface area contributed by atoms with Crippen LogP contribution in [0, 0.1) is 0 Å². The zero-order valence-corrected chi connectivity index (χ0v) is 10.9. The molecular weight excluding hydrogens is 305 g/mol. The summed E-state index contributed by atoms with van der Waals surface area (Å²) in [6, 6.07) is 5.15. The quantitative estimate of drug-likeness (QED) is 0.927. The average Bonchev–Trinajstić information content (AvgIpc) is 2.35. The van der Waals surface area contributed by atoms with Crippen LogP contribution in [0.2, 0.25) is 5.02 Å². The molecule has 0 bridgehead atoms. The first-order valence-electron chi connectivity index (χ1n) is 4.69. The van der Waals surface area contributed by atoms with E-state index in [0.717, 1.165) is 4.47 Å². The minimum Gasteiger partial charge on any atom is -0.321 e. The molecule has 17 heavy (non-hydrogen) atoms. The fourth-order valence-electron chi connectivity index (χ4n) is 1.19. The van der Waals surface area contributed by atoms with Gasteiger partial charge >= 0.3 is 0 Å². The number of carbonyl (C=O) groups is 1. The van der Waals surface area contributed by atoms with Crippen molar-refractivity contribution < 1.29 is 4.79 Å². The zero-order valence-electron chi connectivity index (χ0n) is 8.52. The van der Waals surface area contributed by atoms with Gasteiger partial charge in [-0.1, -0.05) is 11.6 Å². The highest BCUT2D eigenvalue weighted by molar-refractivity contribution is 9.10. The van der Waals surface area contributed by atoms with Gasteiger partial charge in [-0.3, -0.25) is 9.78 Å². The lowest BCUT2D eigenvalue weighted by Gasteiger charge is -2.05. The molecule has 2 aromatic rings. The van der Waals surface area contributed by atoms with Crippen LogP contribution in [0.15, 0.2) is 41.3 Å². The van der Waals surface area contributed by atoms with Gasteiger partial charge in [-0.15, -0.1) is 0 Å². The van der Waals surface area contributed by atoms with Gasteiger partial charge < -0.3 is 5.32 Å². The molecular formula is C11H7BrClN3O. The Morgan fingerprint density at radius 1 is 1.35 bits per heavy atom. The Hall–Kier alpha value is -1.46. The van der Waals surface area contributed by atoms with Crippen molar-refractivity contribution in [3.05, 3.63) is 52.0 Å². The van der Waals surface area contributed by atoms with E-state index in [4.69, 9.17) is 11.6 Å². The van der Waals surface area contributed by atoms with Crippen LogP contribution in [0.1, 0.15) is 10.5 Å². The molecule has 0 saturated carbocycles. The third-order valence-corrected chi connectivity index (χ3v) is 3.21. The number of hydrogen-bond acceptors (Lipinski definition) is 3. The number of nitrogens with zero attached hydrogens (tertiary/aromatic N) is 2. The standard InChI is InChI=1S/C11H7BrClN3O/c12-8-2-1-7(5-9(8)13)16-11(17)10-6-14-3-4-15-10/h1-6H,(H,16,17). The van der Waals surface area contributed by atoms with Crippen LogP contribution < -0.4 is 5.32 Å². The van der Waals surface area contributed by atoms with Crippen LogP contribution in [0.5, 0.6) is 0 Å². The van der Waals surface area contributed by atoms with E-state index in [0.29, 0.717) is 10.7 Å². The number of carbonyl (C=O) groups excluding carboxylic acids is 1. The summed E-state index contributed by atoms with van der Waals surface area (Å²) in [4.78, 5) is 19.5. The topological polar surface area (TPSA) is 54.9 Å². The molecule has 0 unspecified atom stereocenters. The Bertz CT molecular complexity index is 548.